The molecule has 1 aliphatic carbocycles. The summed E-state index contributed by atoms with van der Waals surface area (Å²) in [5.41, 5.74) is 1.41. The predicted octanol–water partition coefficient (Wildman–Crippen LogP) is 1.31. The van der Waals surface area contributed by atoms with Gasteiger partial charge in [-0.05, 0) is 19.7 Å². The fourth-order valence-corrected chi connectivity index (χ4v) is 1.75. The minimum atomic E-state index is 0.442. The lowest BCUT2D eigenvalue weighted by Crippen LogP contribution is -2.27. The second kappa shape index (κ2) is 3.80. The van der Waals surface area contributed by atoms with Gasteiger partial charge in [-0.25, -0.2) is 4.98 Å². The van der Waals surface area contributed by atoms with Crippen molar-refractivity contribution in [3.8, 4) is 0 Å². The van der Waals surface area contributed by atoms with Gasteiger partial charge < -0.3 is 4.57 Å². The third kappa shape index (κ3) is 1.77. The van der Waals surface area contributed by atoms with Crippen molar-refractivity contribution in [2.24, 2.45) is 0 Å². The Balaban J connectivity index is 2.06. The van der Waals surface area contributed by atoms with E-state index in [0.717, 1.165) is 6.54 Å². The minimum absolute atomic E-state index is 0.442. The maximum Gasteiger partial charge on any atom is 0.0948 e. The van der Waals surface area contributed by atoms with E-state index in [1.807, 2.05) is 18.7 Å². The summed E-state index contributed by atoms with van der Waals surface area (Å²) >= 11 is 0. The molecule has 0 aliphatic heterocycles. The second-order valence-electron chi connectivity index (χ2n) is 3.77. The van der Waals surface area contributed by atoms with Crippen LogP contribution >= 0.6 is 0 Å². The molecular weight excluding hydrogens is 174 g/mol. The molecule has 0 saturated heterocycles. The molecule has 0 radical (unpaired) electrons. The normalized spacial score (nSPS) is 20.5. The molecule has 3 nitrogen and oxygen atoms in total. The van der Waals surface area contributed by atoms with Crippen LogP contribution in [-0.4, -0.2) is 34.6 Å². The predicted molar refractivity (Wildman–Crippen MR) is 56.9 cm³/mol. The van der Waals surface area contributed by atoms with Gasteiger partial charge in [-0.1, -0.05) is 18.2 Å². The number of hydrogen-bond acceptors (Lipinski definition) is 2. The van der Waals surface area contributed by atoms with Gasteiger partial charge in [-0.15, -0.1) is 0 Å². The topological polar surface area (TPSA) is 21.1 Å². The first-order valence-electron chi connectivity index (χ1n) is 4.77. The number of rotatable bonds is 3. The Kier molecular flexibility index (Phi) is 2.50. The lowest BCUT2D eigenvalue weighted by atomic mass is 10.1. The van der Waals surface area contributed by atoms with Crippen LogP contribution in [0.1, 0.15) is 0 Å². The first-order chi connectivity index (χ1) is 6.77. The molecule has 14 heavy (non-hydrogen) atoms. The maximum atomic E-state index is 4.04. The van der Waals surface area contributed by atoms with Crippen LogP contribution in [0.2, 0.25) is 0 Å². The highest BCUT2D eigenvalue weighted by Crippen LogP contribution is 2.17. The Morgan fingerprint density at radius 3 is 3.00 bits per heavy atom. The van der Waals surface area contributed by atoms with E-state index in [1.54, 1.807) is 0 Å². The smallest absolute Gasteiger partial charge is 0.0948 e. The maximum absolute atomic E-state index is 4.04. The zero-order chi connectivity index (χ0) is 9.97. The molecule has 1 heterocycles. The quantitative estimate of drug-likeness (QED) is 0.715. The van der Waals surface area contributed by atoms with Crippen molar-refractivity contribution in [2.45, 2.75) is 12.6 Å². The van der Waals surface area contributed by atoms with E-state index in [1.165, 1.54) is 5.57 Å². The highest BCUT2D eigenvalue weighted by atomic mass is 15.1. The average molecular weight is 189 g/mol. The van der Waals surface area contributed by atoms with E-state index in [4.69, 9.17) is 0 Å². The van der Waals surface area contributed by atoms with Crippen molar-refractivity contribution in [1.29, 1.82) is 0 Å². The molecule has 1 aromatic heterocycles. The van der Waals surface area contributed by atoms with E-state index in [2.05, 4.69) is 46.8 Å². The molecule has 0 aromatic carbocycles. The summed E-state index contributed by atoms with van der Waals surface area (Å²) in [6.45, 7) is 0.926. The third-order valence-electron chi connectivity index (χ3n) is 2.46. The van der Waals surface area contributed by atoms with Gasteiger partial charge >= 0.3 is 0 Å². The first-order valence-corrected chi connectivity index (χ1v) is 4.77. The molecule has 0 N–H and O–H groups in total. The van der Waals surface area contributed by atoms with E-state index < -0.39 is 0 Å². The molecule has 3 heteroatoms. The molecular formula is C11H15N3. The van der Waals surface area contributed by atoms with Crippen LogP contribution in [0.15, 0.2) is 42.5 Å². The van der Waals surface area contributed by atoms with Gasteiger partial charge in [-0.2, -0.15) is 0 Å². The van der Waals surface area contributed by atoms with Crippen molar-refractivity contribution in [3.05, 3.63) is 42.5 Å². The Morgan fingerprint density at radius 2 is 2.36 bits per heavy atom. The van der Waals surface area contributed by atoms with E-state index >= 15 is 0 Å². The highest BCUT2D eigenvalue weighted by Gasteiger charge is 2.16. The second-order valence-corrected chi connectivity index (χ2v) is 3.77. The summed E-state index contributed by atoms with van der Waals surface area (Å²) in [5, 5.41) is 0. The zero-order valence-electron chi connectivity index (χ0n) is 8.59. The van der Waals surface area contributed by atoms with Crippen LogP contribution in [0, 0.1) is 0 Å². The Bertz CT molecular complexity index is 347. The Labute approximate surface area is 84.4 Å². The van der Waals surface area contributed by atoms with Gasteiger partial charge in [0.25, 0.3) is 0 Å². The van der Waals surface area contributed by atoms with E-state index in [9.17, 15) is 0 Å². The lowest BCUT2D eigenvalue weighted by molar-refractivity contribution is 0.372. The number of allylic oxidation sites excluding steroid dienone is 2. The molecule has 0 fully saturated rings. The highest BCUT2D eigenvalue weighted by molar-refractivity contribution is 5.31. The molecule has 1 atom stereocenters. The minimum Gasteiger partial charge on any atom is -0.333 e. The molecule has 0 unspecified atom stereocenters. The summed E-state index contributed by atoms with van der Waals surface area (Å²) in [5.74, 6) is 0. The van der Waals surface area contributed by atoms with E-state index in [0.29, 0.717) is 6.04 Å². The monoisotopic (exact) mass is 189 g/mol. The van der Waals surface area contributed by atoms with Crippen LogP contribution in [0.4, 0.5) is 0 Å². The van der Waals surface area contributed by atoms with Gasteiger partial charge in [0.15, 0.2) is 0 Å². The molecule has 1 aromatic rings. The largest absolute Gasteiger partial charge is 0.333 e. The average Bonchev–Trinajstić information content (AvgIpc) is 2.75. The molecule has 0 spiro atoms. The van der Waals surface area contributed by atoms with Crippen LogP contribution < -0.4 is 0 Å². The summed E-state index contributed by atoms with van der Waals surface area (Å²) in [7, 11) is 4.20. The standard InChI is InChI=1S/C11H15N3/c1-13(2)11-5-3-4-10(11)8-14-7-6-12-9-14/h3-7,9,11H,8H2,1-2H3/t11-/m0/s1. The lowest BCUT2D eigenvalue weighted by Gasteiger charge is -2.21. The van der Waals surface area contributed by atoms with Crippen molar-refractivity contribution in [2.75, 3.05) is 14.1 Å². The molecule has 0 bridgehead atoms. The van der Waals surface area contributed by atoms with Gasteiger partial charge in [0.2, 0.25) is 0 Å². The number of likely N-dealkylation sites (N-methyl/N-ethyl adjacent to an activating group) is 1. The molecule has 74 valence electrons. The molecule has 2 rings (SSSR count). The van der Waals surface area contributed by atoms with Crippen LogP contribution in [-0.2, 0) is 6.54 Å². The summed E-state index contributed by atoms with van der Waals surface area (Å²) in [6, 6.07) is 0.442. The van der Waals surface area contributed by atoms with Crippen LogP contribution in [0.5, 0.6) is 0 Å². The first kappa shape index (κ1) is 9.21. The molecule has 0 saturated carbocycles. The van der Waals surface area contributed by atoms with Gasteiger partial charge in [0.05, 0.1) is 12.4 Å². The Morgan fingerprint density at radius 1 is 1.50 bits per heavy atom. The SMILES string of the molecule is CN(C)[C@H]1C=CC=C1Cn1ccnc1. The Hall–Kier alpha value is -1.35. The van der Waals surface area contributed by atoms with Crippen molar-refractivity contribution < 1.29 is 0 Å². The van der Waals surface area contributed by atoms with Crippen LogP contribution in [0.25, 0.3) is 0 Å². The van der Waals surface area contributed by atoms with Gasteiger partial charge in [-0.3, -0.25) is 4.90 Å². The number of nitrogens with zero attached hydrogens (tertiary/aromatic N) is 3. The van der Waals surface area contributed by atoms with Gasteiger partial charge in [0.1, 0.15) is 0 Å². The fraction of sp³-hybridized carbons (Fsp3) is 0.364. The van der Waals surface area contributed by atoms with Crippen molar-refractivity contribution in [1.82, 2.24) is 14.5 Å². The molecule has 0 amide bonds. The third-order valence-corrected chi connectivity index (χ3v) is 2.46. The van der Waals surface area contributed by atoms with E-state index in [-0.39, 0.29) is 0 Å². The van der Waals surface area contributed by atoms with Gasteiger partial charge in [0, 0.05) is 18.9 Å². The number of aromatic nitrogens is 2. The number of imidazole rings is 1. The van der Waals surface area contributed by atoms with Crippen molar-refractivity contribution in [3.63, 3.8) is 0 Å². The summed E-state index contributed by atoms with van der Waals surface area (Å²) < 4.78 is 2.09. The summed E-state index contributed by atoms with van der Waals surface area (Å²) in [4.78, 5) is 6.25. The summed E-state index contributed by atoms with van der Waals surface area (Å²) in [6.07, 6.45) is 12.2. The van der Waals surface area contributed by atoms with Crippen LogP contribution in [0.3, 0.4) is 0 Å². The zero-order valence-corrected chi connectivity index (χ0v) is 8.59. The fourth-order valence-electron chi connectivity index (χ4n) is 1.75. The number of hydrogen-bond donors (Lipinski definition) is 0. The van der Waals surface area contributed by atoms with Crippen molar-refractivity contribution >= 4 is 0 Å². The molecule has 1 aliphatic rings.